The molecule has 0 aromatic rings. The van der Waals surface area contributed by atoms with Gasteiger partial charge in [0, 0.05) is 37.6 Å². The highest BCUT2D eigenvalue weighted by molar-refractivity contribution is 5.79. The van der Waals surface area contributed by atoms with Crippen molar-refractivity contribution in [1.29, 1.82) is 0 Å². The second-order valence-electron chi connectivity index (χ2n) is 6.14. The Bertz CT molecular complexity index is 439. The van der Waals surface area contributed by atoms with Gasteiger partial charge in [0.15, 0.2) is 0 Å². The summed E-state index contributed by atoms with van der Waals surface area (Å²) < 4.78 is 0. The van der Waals surface area contributed by atoms with Crippen LogP contribution in [0.1, 0.15) is 40.5 Å². The number of urea groups is 1. The van der Waals surface area contributed by atoms with Gasteiger partial charge in [-0.1, -0.05) is 0 Å². The van der Waals surface area contributed by atoms with Crippen LogP contribution in [0.4, 0.5) is 4.79 Å². The van der Waals surface area contributed by atoms with Crippen molar-refractivity contribution in [3.63, 3.8) is 0 Å². The third-order valence-electron chi connectivity index (χ3n) is 4.27. The molecular formula is C15H27N3O4. The molecule has 1 saturated heterocycles. The van der Waals surface area contributed by atoms with Crippen molar-refractivity contribution in [2.24, 2.45) is 11.7 Å². The minimum atomic E-state index is -0.997. The van der Waals surface area contributed by atoms with Gasteiger partial charge in [-0.05, 0) is 34.1 Å². The van der Waals surface area contributed by atoms with E-state index in [0.717, 1.165) is 0 Å². The van der Waals surface area contributed by atoms with E-state index in [1.165, 1.54) is 11.8 Å². The van der Waals surface area contributed by atoms with Crippen molar-refractivity contribution in [1.82, 2.24) is 9.80 Å². The first kappa shape index (κ1) is 18.4. The molecule has 3 atom stereocenters. The molecule has 22 heavy (non-hydrogen) atoms. The van der Waals surface area contributed by atoms with Crippen LogP contribution in [0.5, 0.6) is 0 Å². The maximum atomic E-state index is 12.7. The maximum Gasteiger partial charge on any atom is 0.320 e. The fraction of sp³-hybridized carbons (Fsp3) is 0.800. The highest BCUT2D eigenvalue weighted by Gasteiger charge is 2.46. The molecule has 0 bridgehead atoms. The monoisotopic (exact) mass is 313 g/mol. The van der Waals surface area contributed by atoms with E-state index >= 15 is 0 Å². The van der Waals surface area contributed by atoms with E-state index in [0.29, 0.717) is 19.4 Å². The molecule has 0 saturated carbocycles. The van der Waals surface area contributed by atoms with Crippen LogP contribution >= 0.6 is 0 Å². The lowest BCUT2D eigenvalue weighted by atomic mass is 9.96. The highest BCUT2D eigenvalue weighted by atomic mass is 16.4. The summed E-state index contributed by atoms with van der Waals surface area (Å²) in [5, 5.41) is 9.28. The Labute approximate surface area is 131 Å². The van der Waals surface area contributed by atoms with Crippen LogP contribution in [0.2, 0.25) is 0 Å². The minimum absolute atomic E-state index is 0.00887. The Hall–Kier alpha value is -1.63. The van der Waals surface area contributed by atoms with Crippen LogP contribution in [0.3, 0.4) is 0 Å². The number of carboxylic acids is 1. The molecule has 2 amide bonds. The number of nitrogens with two attached hydrogens (primary N) is 1. The standard InChI is InChI=1S/C15H27N3O4/c1-5-17(9(2)3)15(22)18-8-11(14(20)21)13(16)12(18)7-6-10(4)19/h9,11-13H,5-8,16H2,1-4H3,(H,20,21)/t11?,12-,13?/m0/s1. The molecule has 1 fully saturated rings. The number of aliphatic carboxylic acids is 1. The van der Waals surface area contributed by atoms with Crippen LogP contribution in [-0.4, -0.2) is 63.9 Å². The van der Waals surface area contributed by atoms with Gasteiger partial charge < -0.3 is 25.4 Å². The summed E-state index contributed by atoms with van der Waals surface area (Å²) >= 11 is 0. The molecule has 1 heterocycles. The minimum Gasteiger partial charge on any atom is -0.481 e. The second kappa shape index (κ2) is 7.58. The summed E-state index contributed by atoms with van der Waals surface area (Å²) in [6.07, 6.45) is 0.698. The molecule has 7 heteroatoms. The molecule has 3 N–H and O–H groups in total. The van der Waals surface area contributed by atoms with Crippen molar-refractivity contribution in [3.05, 3.63) is 0 Å². The Kier molecular flexibility index (Phi) is 6.34. The van der Waals surface area contributed by atoms with E-state index in [2.05, 4.69) is 0 Å². The lowest BCUT2D eigenvalue weighted by Crippen LogP contribution is -2.50. The molecule has 0 aromatic carbocycles. The number of amides is 2. The molecule has 7 nitrogen and oxygen atoms in total. The number of Topliss-reactive ketones (excluding diaryl/α,β-unsaturated/α-hetero) is 1. The number of likely N-dealkylation sites (tertiary alicyclic amines) is 1. The van der Waals surface area contributed by atoms with Crippen LogP contribution in [-0.2, 0) is 9.59 Å². The van der Waals surface area contributed by atoms with Gasteiger partial charge in [0.2, 0.25) is 0 Å². The summed E-state index contributed by atoms with van der Waals surface area (Å²) in [5.74, 6) is -1.77. The average Bonchev–Trinajstić information content (AvgIpc) is 2.73. The van der Waals surface area contributed by atoms with Gasteiger partial charge in [0.25, 0.3) is 0 Å². The molecule has 0 spiro atoms. The summed E-state index contributed by atoms with van der Waals surface area (Å²) in [6, 6.07) is -1.24. The third kappa shape index (κ3) is 3.97. The van der Waals surface area contributed by atoms with Gasteiger partial charge in [-0.2, -0.15) is 0 Å². The molecule has 1 aliphatic rings. The van der Waals surface area contributed by atoms with Gasteiger partial charge >= 0.3 is 12.0 Å². The topological polar surface area (TPSA) is 104 Å². The SMILES string of the molecule is CCN(C(=O)N1CC(C(=O)O)C(N)[C@@H]1CCC(C)=O)C(C)C. The molecule has 0 aromatic heterocycles. The predicted molar refractivity (Wildman–Crippen MR) is 82.4 cm³/mol. The molecule has 0 radical (unpaired) electrons. The summed E-state index contributed by atoms with van der Waals surface area (Å²) in [5.41, 5.74) is 6.05. The summed E-state index contributed by atoms with van der Waals surface area (Å²) in [6.45, 7) is 7.83. The Morgan fingerprint density at radius 3 is 2.36 bits per heavy atom. The van der Waals surface area contributed by atoms with E-state index < -0.39 is 24.0 Å². The predicted octanol–water partition coefficient (Wildman–Crippen LogP) is 0.918. The molecule has 126 valence electrons. The number of hydrogen-bond donors (Lipinski definition) is 2. The molecule has 1 rings (SSSR count). The average molecular weight is 313 g/mol. The zero-order chi connectivity index (χ0) is 17.0. The van der Waals surface area contributed by atoms with Crippen LogP contribution in [0.15, 0.2) is 0 Å². The van der Waals surface area contributed by atoms with Gasteiger partial charge in [-0.25, -0.2) is 4.79 Å². The highest BCUT2D eigenvalue weighted by Crippen LogP contribution is 2.27. The molecule has 1 aliphatic heterocycles. The number of carboxylic acid groups (broad SMARTS) is 1. The van der Waals surface area contributed by atoms with Gasteiger partial charge in [0.1, 0.15) is 5.78 Å². The van der Waals surface area contributed by atoms with Crippen LogP contribution in [0.25, 0.3) is 0 Å². The first-order valence-electron chi connectivity index (χ1n) is 7.75. The van der Waals surface area contributed by atoms with Crippen molar-refractivity contribution < 1.29 is 19.5 Å². The normalized spacial score (nSPS) is 24.6. The van der Waals surface area contributed by atoms with Crippen molar-refractivity contribution in [2.75, 3.05) is 13.1 Å². The lowest BCUT2D eigenvalue weighted by Gasteiger charge is -2.34. The second-order valence-corrected chi connectivity index (χ2v) is 6.14. The van der Waals surface area contributed by atoms with E-state index in [1.54, 1.807) is 4.90 Å². The van der Waals surface area contributed by atoms with E-state index in [4.69, 9.17) is 5.73 Å². The van der Waals surface area contributed by atoms with Gasteiger partial charge in [-0.3, -0.25) is 4.79 Å². The maximum absolute atomic E-state index is 12.7. The molecule has 0 aliphatic carbocycles. The Morgan fingerprint density at radius 2 is 1.95 bits per heavy atom. The van der Waals surface area contributed by atoms with E-state index in [1.807, 2.05) is 20.8 Å². The van der Waals surface area contributed by atoms with E-state index in [9.17, 15) is 19.5 Å². The first-order valence-corrected chi connectivity index (χ1v) is 7.75. The quantitative estimate of drug-likeness (QED) is 0.759. The fourth-order valence-electron chi connectivity index (χ4n) is 2.99. The van der Waals surface area contributed by atoms with Crippen molar-refractivity contribution in [2.45, 2.75) is 58.7 Å². The third-order valence-corrected chi connectivity index (χ3v) is 4.27. The fourth-order valence-corrected chi connectivity index (χ4v) is 2.99. The number of rotatable bonds is 6. The number of carbonyl (C=O) groups is 3. The largest absolute Gasteiger partial charge is 0.481 e. The van der Waals surface area contributed by atoms with Gasteiger partial charge in [-0.15, -0.1) is 0 Å². The Balaban J connectivity index is 2.98. The smallest absolute Gasteiger partial charge is 0.320 e. The summed E-state index contributed by atoms with van der Waals surface area (Å²) in [4.78, 5) is 38.5. The van der Waals surface area contributed by atoms with Crippen LogP contribution < -0.4 is 5.73 Å². The number of carbonyl (C=O) groups excluding carboxylic acids is 2. The molecule has 2 unspecified atom stereocenters. The lowest BCUT2D eigenvalue weighted by molar-refractivity contribution is -0.141. The summed E-state index contributed by atoms with van der Waals surface area (Å²) in [7, 11) is 0. The van der Waals surface area contributed by atoms with E-state index in [-0.39, 0.29) is 24.4 Å². The molecular weight excluding hydrogens is 286 g/mol. The zero-order valence-corrected chi connectivity index (χ0v) is 13.8. The number of ketones is 1. The zero-order valence-electron chi connectivity index (χ0n) is 13.8. The van der Waals surface area contributed by atoms with Crippen molar-refractivity contribution >= 4 is 17.8 Å². The van der Waals surface area contributed by atoms with Crippen molar-refractivity contribution in [3.8, 4) is 0 Å². The Morgan fingerprint density at radius 1 is 1.36 bits per heavy atom. The first-order chi connectivity index (χ1) is 10.2. The number of nitrogens with zero attached hydrogens (tertiary/aromatic N) is 2. The van der Waals surface area contributed by atoms with Gasteiger partial charge in [0.05, 0.1) is 5.92 Å². The van der Waals surface area contributed by atoms with Crippen LogP contribution in [0, 0.1) is 5.92 Å². The number of hydrogen-bond acceptors (Lipinski definition) is 4.